The van der Waals surface area contributed by atoms with Crippen molar-refractivity contribution >= 4 is 260 Å². The van der Waals surface area contributed by atoms with Gasteiger partial charge in [0.05, 0.1) is 109 Å². The Morgan fingerprint density at radius 3 is 1.00 bits per heavy atom. The van der Waals surface area contributed by atoms with Gasteiger partial charge in [-0.3, -0.25) is 0 Å². The molecule has 8 unspecified atom stereocenters. The Labute approximate surface area is 837 Å². The summed E-state index contributed by atoms with van der Waals surface area (Å²) in [6, 6.07) is 65.5. The van der Waals surface area contributed by atoms with Crippen LogP contribution in [0, 0.1) is 5.92 Å². The third-order valence-corrected chi connectivity index (χ3v) is 42.7. The minimum Gasteiger partial charge on any atom is -0.398 e. The van der Waals surface area contributed by atoms with E-state index < -0.39 is 5.91 Å². The molecule has 12 aromatic carbocycles. The highest BCUT2D eigenvalue weighted by molar-refractivity contribution is 8.05. The van der Waals surface area contributed by atoms with E-state index in [0.717, 1.165) is 159 Å². The molecule has 1 spiro atoms. The number of aliphatic imine (C=N–C) groups is 2. The number of fused-ring (bicyclic) bond motifs is 20. The van der Waals surface area contributed by atoms with E-state index in [2.05, 4.69) is 229 Å². The first-order chi connectivity index (χ1) is 67.2. The van der Waals surface area contributed by atoms with E-state index >= 15 is 0 Å². The number of para-hydroxylation sites is 8. The largest absolute Gasteiger partial charge is 0.404 e. The maximum atomic E-state index is 7.51. The molecule has 0 saturated carbocycles. The van der Waals surface area contributed by atoms with Gasteiger partial charge < -0.3 is 61.8 Å². The maximum Gasteiger partial charge on any atom is 0.404 e. The zero-order chi connectivity index (χ0) is 91.2. The standard InChI is InChI=1S/C106H75N19S12/c107-52-26-2-14-38-64(52)127-86-51-49-50-25-1-13-37-63(50)126-87(51)91(131-68-42-18-6-30-56(68)111)79-75(86)98-118-103-80-76(88(128-65-39-15-3-27-53(65)108)83-95(135-72-46-22-10-34-60(72)115-83)92(80)132-69-43-19-7-31-57(69)112)100-120-105-82-78(90(130-67-41-17-5-29-55(67)110)85-97(137-74-48-24-12-36-62(74)117-85)94(82)134-71-45-21-9-33-59(71)114)101-121-104-81-77(99-119-102(79)122(98)106(123(100)103,124(99)104)125(101)105)89(129-66-40-16-4-28-54(66)109)84-96(136-73-47-23-11-35-61(73)116-84)93(81)133-70-44-20-8-32-58(70)113/h1-48,50,60-63,72-74H,49,107-114H2,(H,115,116,118)/p+2/t50?,60?,61?,62?,63?,72?,73?,74?,106-/m0/s1. The molecule has 12 heterocycles. The first kappa shape index (κ1) is 83.1. The van der Waals surface area contributed by atoms with Gasteiger partial charge in [-0.25, -0.2) is 0 Å². The molecule has 0 saturated heterocycles. The third kappa shape index (κ3) is 12.5. The number of nitrogen functional groups attached to an aromatic ring is 8. The summed E-state index contributed by atoms with van der Waals surface area (Å²) in [5.74, 6) is 2.01. The number of anilines is 11. The van der Waals surface area contributed by atoms with Crippen molar-refractivity contribution in [3.05, 3.63) is 330 Å². The predicted octanol–water partition coefficient (Wildman–Crippen LogP) is 23.5. The quantitative estimate of drug-likeness (QED) is 0.0316. The van der Waals surface area contributed by atoms with Crippen LogP contribution in [0.5, 0.6) is 0 Å². The van der Waals surface area contributed by atoms with Crippen molar-refractivity contribution in [2.75, 3.05) is 61.8 Å². The van der Waals surface area contributed by atoms with Gasteiger partial charge in [-0.15, -0.1) is 56.2 Å². The highest BCUT2D eigenvalue weighted by Crippen LogP contribution is 2.68. The number of hydrogen-bond donors (Lipinski definition) is 11. The van der Waals surface area contributed by atoms with Gasteiger partial charge in [-0.05, 0) is 115 Å². The average molecular weight is 2000 g/mol. The van der Waals surface area contributed by atoms with Gasteiger partial charge >= 0.3 is 5.91 Å². The highest BCUT2D eigenvalue weighted by Gasteiger charge is 2.72. The Bertz CT molecular complexity index is 7990. The summed E-state index contributed by atoms with van der Waals surface area (Å²) >= 11 is 20.8. The number of allylic oxidation sites excluding steroid dienone is 9. The predicted molar refractivity (Wildman–Crippen MR) is 575 cm³/mol. The van der Waals surface area contributed by atoms with Gasteiger partial charge in [-0.2, -0.15) is 9.13 Å². The van der Waals surface area contributed by atoms with Crippen molar-refractivity contribution in [3.8, 4) is 0 Å². The molecule has 666 valence electrons. The minimum atomic E-state index is -1.84. The maximum absolute atomic E-state index is 7.51. The van der Waals surface area contributed by atoms with Crippen molar-refractivity contribution in [1.82, 2.24) is 9.13 Å². The summed E-state index contributed by atoms with van der Waals surface area (Å²) in [6.07, 6.45) is 36.7. The molecule has 0 radical (unpaired) electrons. The van der Waals surface area contributed by atoms with Gasteiger partial charge in [0.2, 0.25) is 22.6 Å². The third-order valence-electron chi connectivity index (χ3n) is 27.0. The molecule has 4 aliphatic carbocycles. The molecule has 31 heteroatoms. The van der Waals surface area contributed by atoms with E-state index in [1.807, 2.05) is 144 Å². The zero-order valence-corrected chi connectivity index (χ0v) is 81.9. The Morgan fingerprint density at radius 1 is 0.292 bits per heavy atom. The lowest BCUT2D eigenvalue weighted by atomic mass is 9.91. The lowest BCUT2D eigenvalue weighted by molar-refractivity contribution is -0.790. The van der Waals surface area contributed by atoms with E-state index in [-0.39, 0.29) is 45.0 Å². The number of nitrogens with two attached hydrogens (primary N) is 8. The number of rotatable bonds is 16. The van der Waals surface area contributed by atoms with Crippen molar-refractivity contribution in [3.63, 3.8) is 0 Å². The first-order valence-electron chi connectivity index (χ1n) is 44.8. The monoisotopic (exact) mass is 2000 g/mol. The van der Waals surface area contributed by atoms with Gasteiger partial charge in [-0.1, -0.05) is 308 Å². The second kappa shape index (κ2) is 32.0. The molecule has 19 N–H and O–H groups in total. The van der Waals surface area contributed by atoms with Crippen LogP contribution in [0.4, 0.5) is 74.2 Å². The Morgan fingerprint density at radius 2 is 0.584 bits per heavy atom. The molecular weight excluding hydrogens is 1920 g/mol. The smallest absolute Gasteiger partial charge is 0.398 e. The number of nitrogens with one attached hydrogen (secondary N) is 3. The Hall–Kier alpha value is -12.1. The van der Waals surface area contributed by atoms with Crippen molar-refractivity contribution in [2.45, 2.75) is 149 Å². The molecule has 14 aliphatic rings. The van der Waals surface area contributed by atoms with E-state index in [1.165, 1.54) is 5.56 Å². The summed E-state index contributed by atoms with van der Waals surface area (Å²) in [5, 5.41) is 16.3. The zero-order valence-electron chi connectivity index (χ0n) is 72.1. The average Bonchev–Trinajstić information content (AvgIpc) is 1.45. The summed E-state index contributed by atoms with van der Waals surface area (Å²) < 4.78 is 10.0. The van der Waals surface area contributed by atoms with Crippen LogP contribution < -0.4 is 72.8 Å². The van der Waals surface area contributed by atoms with Crippen LogP contribution in [0.3, 0.4) is 0 Å². The van der Waals surface area contributed by atoms with E-state index in [1.54, 1.807) is 94.1 Å². The molecule has 10 aliphatic heterocycles. The molecule has 2 aromatic heterocycles. The second-order valence-electron chi connectivity index (χ2n) is 34.9. The summed E-state index contributed by atoms with van der Waals surface area (Å²) in [7, 11) is 0. The molecule has 0 amide bonds. The van der Waals surface area contributed by atoms with Gasteiger partial charge in [0.25, 0.3) is 23.3 Å². The SMILES string of the molecule is Nc1ccccc1Sc1c2c(c(Sc3ccccc3N)c3c1C1=[N+]4C3=Nc3c5c(Sc6ccccc6N)c6c(c(Sc7ccccc7N)c5c5n3[C@]43n4c(c7c(Sc8ccccc8N)c8c(c(Sc9ccccc9N)c7c4=N1)SC1C=CC=CC1C8)=NC1=[N+]3C(=N5)c3c(Sc4ccccc4N)c4c(c(Sc5ccccc5N)c31)SC1C=CC=CC1N4)SC1C=CC=CC1N6)SC1C=CC=CC1N2. The fraction of sp³-hybridized carbons (Fsp3) is 0.0943. The number of amidine groups is 4. The number of hydrogen-bond acceptors (Lipinski definition) is 27. The van der Waals surface area contributed by atoms with Crippen LogP contribution in [0.1, 0.15) is 27.8 Å². The lowest BCUT2D eigenvalue weighted by Crippen LogP contribution is -2.71. The van der Waals surface area contributed by atoms with Crippen molar-refractivity contribution in [2.24, 2.45) is 25.9 Å². The van der Waals surface area contributed by atoms with Gasteiger partial charge in [0, 0.05) is 134 Å². The molecule has 9 atom stereocenters. The van der Waals surface area contributed by atoms with E-state index in [4.69, 9.17) is 65.8 Å². The number of thioether (sulfide) groups is 4. The lowest BCUT2D eigenvalue weighted by Gasteiger charge is -2.40. The van der Waals surface area contributed by atoms with Crippen molar-refractivity contribution < 1.29 is 9.15 Å². The van der Waals surface area contributed by atoms with E-state index in [9.17, 15) is 0 Å². The van der Waals surface area contributed by atoms with Crippen molar-refractivity contribution in [1.29, 1.82) is 0 Å². The summed E-state index contributed by atoms with van der Waals surface area (Å²) in [5.41, 5.74) is 73.6. The van der Waals surface area contributed by atoms with Crippen LogP contribution in [0.2, 0.25) is 0 Å². The molecule has 19 nitrogen and oxygen atoms in total. The number of nitrogens with zero attached hydrogens (tertiary/aromatic N) is 8. The second-order valence-corrected chi connectivity index (χ2v) is 48.1. The normalized spacial score (nSPS) is 21.6. The summed E-state index contributed by atoms with van der Waals surface area (Å²) in [6.45, 7) is 0. The molecule has 0 bridgehead atoms. The fourth-order valence-corrected chi connectivity index (χ4v) is 35.9. The summed E-state index contributed by atoms with van der Waals surface area (Å²) in [4.78, 5) is 46.0. The molecule has 14 aromatic rings. The van der Waals surface area contributed by atoms with Gasteiger partial charge in [0.1, 0.15) is 0 Å². The number of aromatic nitrogens is 2. The van der Waals surface area contributed by atoms with Crippen LogP contribution in [-0.4, -0.2) is 80.8 Å². The van der Waals surface area contributed by atoms with Crippen LogP contribution in [0.25, 0.3) is 21.5 Å². The topological polar surface area (TPSA) is 310 Å². The fourth-order valence-electron chi connectivity index (χ4n) is 20.8. The first-order valence-corrected chi connectivity index (χ1v) is 54.9. The van der Waals surface area contributed by atoms with Crippen LogP contribution in [0.15, 0.2) is 409 Å². The Balaban J connectivity index is 0.903. The molecular formula is C106H77N19S12+2. The van der Waals surface area contributed by atoms with Crippen LogP contribution >= 0.6 is 141 Å². The van der Waals surface area contributed by atoms with E-state index in [0.29, 0.717) is 97.9 Å². The Kier molecular flexibility index (Phi) is 19.4. The van der Waals surface area contributed by atoms with Gasteiger partial charge in [0.15, 0.2) is 0 Å². The molecule has 137 heavy (non-hydrogen) atoms. The molecule has 0 fully saturated rings. The van der Waals surface area contributed by atoms with Crippen LogP contribution in [-0.2, 0) is 12.3 Å². The number of benzene rings is 12. The minimum absolute atomic E-state index is 0.0491. The highest BCUT2D eigenvalue weighted by atomic mass is 32.2. The molecule has 28 rings (SSSR count).